The van der Waals surface area contributed by atoms with Crippen molar-refractivity contribution >= 4 is 40.1 Å². The molecule has 1 aliphatic rings. The van der Waals surface area contributed by atoms with Crippen LogP contribution in [0.1, 0.15) is 36.6 Å². The molecule has 1 unspecified atom stereocenters. The monoisotopic (exact) mass is 528 g/mol. The van der Waals surface area contributed by atoms with Gasteiger partial charge in [-0.3, -0.25) is 14.7 Å². The van der Waals surface area contributed by atoms with Crippen molar-refractivity contribution in [1.82, 2.24) is 9.88 Å². The third-order valence-electron chi connectivity index (χ3n) is 6.67. The largest absolute Gasteiger partial charge is 0.497 e. The van der Waals surface area contributed by atoms with Gasteiger partial charge >= 0.3 is 5.97 Å². The summed E-state index contributed by atoms with van der Waals surface area (Å²) in [5.74, 6) is 5.25. The van der Waals surface area contributed by atoms with Crippen LogP contribution in [0.15, 0.2) is 48.7 Å². The lowest BCUT2D eigenvalue weighted by atomic mass is 9.81. The van der Waals surface area contributed by atoms with Gasteiger partial charge < -0.3 is 9.84 Å². The van der Waals surface area contributed by atoms with Crippen LogP contribution >= 0.6 is 23.2 Å². The maximum absolute atomic E-state index is 15.4. The Morgan fingerprint density at radius 3 is 2.75 bits per heavy atom. The summed E-state index contributed by atoms with van der Waals surface area (Å²) >= 11 is 12.0. The van der Waals surface area contributed by atoms with Crippen LogP contribution in [0.5, 0.6) is 5.75 Å². The van der Waals surface area contributed by atoms with Crippen LogP contribution in [0.2, 0.25) is 10.0 Å². The number of hydrogen-bond acceptors (Lipinski definition) is 4. The highest BCUT2D eigenvalue weighted by atomic mass is 35.5. The Balaban J connectivity index is 1.38. The van der Waals surface area contributed by atoms with Crippen molar-refractivity contribution in [1.29, 1.82) is 0 Å². The summed E-state index contributed by atoms with van der Waals surface area (Å²) < 4.78 is 20.7. The molecule has 1 aromatic heterocycles. The molecule has 0 spiro atoms. The number of ether oxygens (including phenoxy) is 1. The Morgan fingerprint density at radius 2 is 2.03 bits per heavy atom. The maximum atomic E-state index is 15.4. The van der Waals surface area contributed by atoms with Gasteiger partial charge in [-0.1, -0.05) is 35.0 Å². The Bertz CT molecular complexity index is 1290. The quantitative estimate of drug-likeness (QED) is 0.358. The van der Waals surface area contributed by atoms with Crippen LogP contribution < -0.4 is 4.74 Å². The summed E-state index contributed by atoms with van der Waals surface area (Å²) in [5.41, 5.74) is 1.97. The molecule has 36 heavy (non-hydrogen) atoms. The molecular formula is C28H27Cl2FN2O3. The average Bonchev–Trinajstić information content (AvgIpc) is 2.86. The molecular weight excluding hydrogens is 502 g/mol. The molecule has 5 nitrogen and oxygen atoms in total. The zero-order valence-electron chi connectivity index (χ0n) is 19.9. The minimum atomic E-state index is -1.22. The molecule has 1 N–H and O–H groups in total. The average molecular weight is 529 g/mol. The highest BCUT2D eigenvalue weighted by molar-refractivity contribution is 6.34. The maximum Gasteiger partial charge on any atom is 0.308 e. The van der Waals surface area contributed by atoms with E-state index in [1.54, 1.807) is 49.7 Å². The predicted octanol–water partition coefficient (Wildman–Crippen LogP) is 6.42. The molecule has 1 fully saturated rings. The summed E-state index contributed by atoms with van der Waals surface area (Å²) in [6, 6.07) is 12.2. The lowest BCUT2D eigenvalue weighted by Crippen LogP contribution is -2.44. The molecule has 4 rings (SSSR count). The van der Waals surface area contributed by atoms with Crippen LogP contribution in [-0.2, 0) is 4.79 Å². The minimum Gasteiger partial charge on any atom is -0.497 e. The Kier molecular flexibility index (Phi) is 8.68. The Labute approximate surface area is 220 Å². The molecule has 2 heterocycles. The van der Waals surface area contributed by atoms with Crippen molar-refractivity contribution in [3.63, 3.8) is 0 Å². The molecule has 0 amide bonds. The Hall–Kier alpha value is -2.85. The van der Waals surface area contributed by atoms with Crippen molar-refractivity contribution in [3.05, 3.63) is 69.8 Å². The second kappa shape index (κ2) is 11.9. The summed E-state index contributed by atoms with van der Waals surface area (Å²) in [7, 11) is 1.57. The first kappa shape index (κ1) is 26.2. The first-order valence-corrected chi connectivity index (χ1v) is 12.6. The van der Waals surface area contributed by atoms with E-state index in [0.717, 1.165) is 0 Å². The number of likely N-dealkylation sites (tertiary alicyclic amines) is 1. The first-order chi connectivity index (χ1) is 17.3. The number of piperidine rings is 1. The molecule has 2 aromatic carbocycles. The topological polar surface area (TPSA) is 62.7 Å². The number of carbonyl (C=O) groups is 1. The van der Waals surface area contributed by atoms with E-state index < -0.39 is 18.1 Å². The van der Waals surface area contributed by atoms with Gasteiger partial charge in [0.1, 0.15) is 11.9 Å². The highest BCUT2D eigenvalue weighted by Gasteiger charge is 2.34. The van der Waals surface area contributed by atoms with E-state index in [2.05, 4.69) is 16.8 Å². The van der Waals surface area contributed by atoms with E-state index in [1.807, 2.05) is 11.0 Å². The van der Waals surface area contributed by atoms with Crippen molar-refractivity contribution in [3.8, 4) is 17.6 Å². The van der Waals surface area contributed by atoms with Crippen molar-refractivity contribution in [2.24, 2.45) is 11.8 Å². The number of pyridine rings is 1. The third kappa shape index (κ3) is 6.47. The zero-order chi connectivity index (χ0) is 25.7. The standard InChI is InChI=1S/C28H27Cl2FN2O3/c1-36-22-5-7-27-24(16-22)23(8-10-32-27)26(31)6-4-19-9-12-33(17-25(19)28(34)35)11-2-3-18-13-20(29)15-21(30)14-18/h5,7-8,10,13-16,19,25-26H,4,6,9,11-12,17H2,1H3,(H,34,35)/t19-,25+,26?/m1/s1. The van der Waals surface area contributed by atoms with Crippen LogP contribution in [0.3, 0.4) is 0 Å². The van der Waals surface area contributed by atoms with Crippen LogP contribution in [0.4, 0.5) is 4.39 Å². The van der Waals surface area contributed by atoms with Crippen molar-refractivity contribution in [2.45, 2.75) is 25.4 Å². The number of aromatic nitrogens is 1. The molecule has 0 bridgehead atoms. The predicted molar refractivity (Wildman–Crippen MR) is 140 cm³/mol. The number of fused-ring (bicyclic) bond motifs is 1. The fraction of sp³-hybridized carbons (Fsp3) is 0.357. The van der Waals surface area contributed by atoms with Gasteiger partial charge in [0, 0.05) is 33.7 Å². The number of alkyl halides is 1. The number of aliphatic carboxylic acids is 1. The van der Waals surface area contributed by atoms with E-state index in [1.165, 1.54) is 0 Å². The number of benzene rings is 2. The fourth-order valence-corrected chi connectivity index (χ4v) is 5.31. The number of carboxylic acids is 1. The number of nitrogens with zero attached hydrogens (tertiary/aromatic N) is 2. The van der Waals surface area contributed by atoms with E-state index in [9.17, 15) is 9.90 Å². The van der Waals surface area contributed by atoms with E-state index in [4.69, 9.17) is 27.9 Å². The van der Waals surface area contributed by atoms with Crippen LogP contribution in [0.25, 0.3) is 10.9 Å². The van der Waals surface area contributed by atoms with Crippen molar-refractivity contribution < 1.29 is 19.0 Å². The van der Waals surface area contributed by atoms with Crippen LogP contribution in [0, 0.1) is 23.7 Å². The van der Waals surface area contributed by atoms with E-state index in [0.29, 0.717) is 70.3 Å². The van der Waals surface area contributed by atoms with Gasteiger partial charge in [-0.25, -0.2) is 4.39 Å². The molecule has 3 atom stereocenters. The normalized spacial score (nSPS) is 18.9. The molecule has 0 aliphatic carbocycles. The van der Waals surface area contributed by atoms with Gasteiger partial charge in [-0.05, 0) is 79.8 Å². The summed E-state index contributed by atoms with van der Waals surface area (Å²) in [6.07, 6.45) is 1.81. The minimum absolute atomic E-state index is 0.0978. The first-order valence-electron chi connectivity index (χ1n) is 11.8. The lowest BCUT2D eigenvalue weighted by Gasteiger charge is -2.35. The van der Waals surface area contributed by atoms with Crippen LogP contribution in [-0.4, -0.2) is 47.7 Å². The summed E-state index contributed by atoms with van der Waals surface area (Å²) in [6.45, 7) is 1.54. The fourth-order valence-electron chi connectivity index (χ4n) is 4.78. The number of methoxy groups -OCH3 is 1. The van der Waals surface area contributed by atoms with E-state index in [-0.39, 0.29) is 12.3 Å². The third-order valence-corrected chi connectivity index (χ3v) is 7.10. The molecule has 8 heteroatoms. The molecule has 3 aromatic rings. The summed E-state index contributed by atoms with van der Waals surface area (Å²) in [5, 5.41) is 11.6. The highest BCUT2D eigenvalue weighted by Crippen LogP contribution is 2.35. The molecule has 188 valence electrons. The zero-order valence-corrected chi connectivity index (χ0v) is 21.4. The summed E-state index contributed by atoms with van der Waals surface area (Å²) in [4.78, 5) is 18.4. The van der Waals surface area contributed by atoms with Gasteiger partial charge in [-0.2, -0.15) is 0 Å². The van der Waals surface area contributed by atoms with Gasteiger partial charge in [0.15, 0.2) is 0 Å². The second-order valence-electron chi connectivity index (χ2n) is 9.02. The number of halogens is 3. The molecule has 0 radical (unpaired) electrons. The van der Waals surface area contributed by atoms with Gasteiger partial charge in [0.2, 0.25) is 0 Å². The number of rotatable bonds is 7. The number of hydrogen-bond donors (Lipinski definition) is 1. The molecule has 1 saturated heterocycles. The number of carboxylic acid groups (broad SMARTS) is 1. The SMILES string of the molecule is COc1ccc2nccc(C(F)CC[C@@H]3CCN(CC#Cc4cc(Cl)cc(Cl)c4)C[C@@H]3C(=O)O)c2c1. The second-order valence-corrected chi connectivity index (χ2v) is 9.89. The Morgan fingerprint density at radius 1 is 1.25 bits per heavy atom. The van der Waals surface area contributed by atoms with E-state index >= 15 is 4.39 Å². The van der Waals surface area contributed by atoms with Gasteiger partial charge in [0.05, 0.1) is 25.1 Å². The van der Waals surface area contributed by atoms with Gasteiger partial charge in [-0.15, -0.1) is 0 Å². The smallest absolute Gasteiger partial charge is 0.308 e. The molecule has 1 aliphatic heterocycles. The lowest BCUT2D eigenvalue weighted by molar-refractivity contribution is -0.146. The van der Waals surface area contributed by atoms with Crippen molar-refractivity contribution in [2.75, 3.05) is 26.7 Å². The molecule has 0 saturated carbocycles. The van der Waals surface area contributed by atoms with Gasteiger partial charge in [0.25, 0.3) is 0 Å².